The molecule has 0 radical (unpaired) electrons. The lowest BCUT2D eigenvalue weighted by Crippen LogP contribution is -2.26. The predicted octanol–water partition coefficient (Wildman–Crippen LogP) is 0.0695. The van der Waals surface area contributed by atoms with Crippen molar-refractivity contribution < 1.29 is 13.2 Å². The molecule has 0 aliphatic heterocycles. The summed E-state index contributed by atoms with van der Waals surface area (Å²) in [5.41, 5.74) is 0. The van der Waals surface area contributed by atoms with E-state index in [-0.39, 0.29) is 11.7 Å². The molecule has 0 spiro atoms. The van der Waals surface area contributed by atoms with Crippen LogP contribution in [0.3, 0.4) is 0 Å². The molecule has 1 rings (SSSR count). The zero-order chi connectivity index (χ0) is 12.7. The first-order valence-electron chi connectivity index (χ1n) is 6.15. The number of nitrogens with one attached hydrogen (secondary N) is 2. The van der Waals surface area contributed by atoms with Crippen molar-refractivity contribution in [1.82, 2.24) is 10.6 Å². The third kappa shape index (κ3) is 9.12. The highest BCUT2D eigenvalue weighted by atomic mass is 32.2. The zero-order valence-electron chi connectivity index (χ0n) is 10.4. The van der Waals surface area contributed by atoms with E-state index in [0.29, 0.717) is 25.4 Å². The Morgan fingerprint density at radius 3 is 2.47 bits per heavy atom. The molecule has 2 N–H and O–H groups in total. The monoisotopic (exact) mass is 262 g/mol. The first-order chi connectivity index (χ1) is 7.97. The summed E-state index contributed by atoms with van der Waals surface area (Å²) in [5.74, 6) is 0.354. The molecule has 0 atom stereocenters. The quantitative estimate of drug-likeness (QED) is 0.577. The van der Waals surface area contributed by atoms with Crippen molar-refractivity contribution in [2.45, 2.75) is 38.1 Å². The van der Waals surface area contributed by atoms with Crippen LogP contribution in [-0.2, 0) is 14.6 Å². The van der Waals surface area contributed by atoms with Gasteiger partial charge in [0.05, 0.1) is 5.75 Å². The molecule has 1 amide bonds. The van der Waals surface area contributed by atoms with Crippen LogP contribution in [0, 0.1) is 0 Å². The molecule has 0 aromatic heterocycles. The normalized spacial score (nSPS) is 15.8. The number of carbonyl (C=O) groups excluding carboxylic acids is 1. The summed E-state index contributed by atoms with van der Waals surface area (Å²) in [4.78, 5) is 11.3. The first kappa shape index (κ1) is 14.4. The van der Waals surface area contributed by atoms with Crippen LogP contribution in [0.1, 0.15) is 32.1 Å². The molecule has 0 aromatic carbocycles. The standard InChI is InChI=1S/C11H22N2O3S/c1-17(15,16)9-3-8-12-7-2-4-11(14)13-10-5-6-10/h10,12H,2-9H2,1H3,(H,13,14). The van der Waals surface area contributed by atoms with Gasteiger partial charge >= 0.3 is 0 Å². The van der Waals surface area contributed by atoms with Gasteiger partial charge in [0.25, 0.3) is 0 Å². The van der Waals surface area contributed by atoms with Gasteiger partial charge in [-0.05, 0) is 38.8 Å². The van der Waals surface area contributed by atoms with E-state index in [2.05, 4.69) is 10.6 Å². The van der Waals surface area contributed by atoms with Crippen molar-refractivity contribution in [1.29, 1.82) is 0 Å². The van der Waals surface area contributed by atoms with Gasteiger partial charge < -0.3 is 10.6 Å². The maximum Gasteiger partial charge on any atom is 0.220 e. The Bertz CT molecular complexity index is 337. The lowest BCUT2D eigenvalue weighted by Gasteiger charge is -2.05. The molecular weight excluding hydrogens is 240 g/mol. The molecule has 5 nitrogen and oxygen atoms in total. The lowest BCUT2D eigenvalue weighted by molar-refractivity contribution is -0.121. The van der Waals surface area contributed by atoms with Crippen molar-refractivity contribution in [3.05, 3.63) is 0 Å². The van der Waals surface area contributed by atoms with Crippen molar-refractivity contribution in [2.24, 2.45) is 0 Å². The molecule has 0 bridgehead atoms. The largest absolute Gasteiger partial charge is 0.353 e. The van der Waals surface area contributed by atoms with Crippen molar-refractivity contribution in [3.8, 4) is 0 Å². The van der Waals surface area contributed by atoms with Crippen LogP contribution in [0.2, 0.25) is 0 Å². The maximum atomic E-state index is 11.3. The smallest absolute Gasteiger partial charge is 0.220 e. The summed E-state index contributed by atoms with van der Waals surface area (Å²) in [6, 6.07) is 0.435. The SMILES string of the molecule is CS(=O)(=O)CCCNCCCC(=O)NC1CC1. The molecule has 1 aliphatic rings. The molecule has 1 fully saturated rings. The Morgan fingerprint density at radius 2 is 1.88 bits per heavy atom. The van der Waals surface area contributed by atoms with E-state index in [1.165, 1.54) is 6.26 Å². The van der Waals surface area contributed by atoms with Gasteiger partial charge in [-0.2, -0.15) is 0 Å². The highest BCUT2D eigenvalue weighted by Crippen LogP contribution is 2.18. The average Bonchev–Trinajstić information content (AvgIpc) is 2.98. The van der Waals surface area contributed by atoms with E-state index in [9.17, 15) is 13.2 Å². The van der Waals surface area contributed by atoms with Gasteiger partial charge in [0.1, 0.15) is 9.84 Å². The molecule has 100 valence electrons. The van der Waals surface area contributed by atoms with E-state index in [1.807, 2.05) is 0 Å². The summed E-state index contributed by atoms with van der Waals surface area (Å²) in [6.07, 6.45) is 5.47. The number of hydrogen-bond donors (Lipinski definition) is 2. The molecule has 1 saturated carbocycles. The highest BCUT2D eigenvalue weighted by molar-refractivity contribution is 7.90. The second-order valence-electron chi connectivity index (χ2n) is 4.68. The van der Waals surface area contributed by atoms with Crippen molar-refractivity contribution in [3.63, 3.8) is 0 Å². The number of amides is 1. The molecule has 0 saturated heterocycles. The third-order valence-corrected chi connectivity index (χ3v) is 3.60. The van der Waals surface area contributed by atoms with Gasteiger partial charge in [0.15, 0.2) is 0 Å². The fraction of sp³-hybridized carbons (Fsp3) is 0.909. The topological polar surface area (TPSA) is 75.3 Å². The van der Waals surface area contributed by atoms with Crippen LogP contribution in [0.5, 0.6) is 0 Å². The number of carbonyl (C=O) groups is 1. The minimum absolute atomic E-state index is 0.130. The summed E-state index contributed by atoms with van der Waals surface area (Å²) in [7, 11) is -2.84. The molecule has 0 heterocycles. The van der Waals surface area contributed by atoms with Crippen LogP contribution in [0.4, 0.5) is 0 Å². The van der Waals surface area contributed by atoms with E-state index in [1.54, 1.807) is 0 Å². The second kappa shape index (κ2) is 6.96. The molecule has 0 unspecified atom stereocenters. The van der Waals surface area contributed by atoms with Crippen LogP contribution < -0.4 is 10.6 Å². The van der Waals surface area contributed by atoms with E-state index < -0.39 is 9.84 Å². The Kier molecular flexibility index (Phi) is 5.91. The molecule has 17 heavy (non-hydrogen) atoms. The van der Waals surface area contributed by atoms with Crippen LogP contribution in [-0.4, -0.2) is 45.5 Å². The van der Waals surface area contributed by atoms with E-state index >= 15 is 0 Å². The number of sulfone groups is 1. The van der Waals surface area contributed by atoms with Gasteiger partial charge in [-0.25, -0.2) is 8.42 Å². The van der Waals surface area contributed by atoms with Crippen LogP contribution in [0.15, 0.2) is 0 Å². The third-order valence-electron chi connectivity index (χ3n) is 2.57. The Labute approximate surface area is 103 Å². The van der Waals surface area contributed by atoms with Crippen molar-refractivity contribution in [2.75, 3.05) is 25.1 Å². The number of rotatable bonds is 9. The first-order valence-corrected chi connectivity index (χ1v) is 8.21. The average molecular weight is 262 g/mol. The molecule has 6 heteroatoms. The van der Waals surface area contributed by atoms with Gasteiger partial charge in [0.2, 0.25) is 5.91 Å². The summed E-state index contributed by atoms with van der Waals surface area (Å²) < 4.78 is 21.7. The maximum absolute atomic E-state index is 11.3. The van der Waals surface area contributed by atoms with E-state index in [0.717, 1.165) is 25.8 Å². The molecule has 1 aliphatic carbocycles. The van der Waals surface area contributed by atoms with E-state index in [4.69, 9.17) is 0 Å². The van der Waals surface area contributed by atoms with Gasteiger partial charge in [-0.3, -0.25) is 4.79 Å². The minimum Gasteiger partial charge on any atom is -0.353 e. The fourth-order valence-electron chi connectivity index (χ4n) is 1.49. The highest BCUT2D eigenvalue weighted by Gasteiger charge is 2.22. The Hall–Kier alpha value is -0.620. The predicted molar refractivity (Wildman–Crippen MR) is 67.6 cm³/mol. The Balaban J connectivity index is 1.85. The lowest BCUT2D eigenvalue weighted by atomic mass is 10.3. The fourth-order valence-corrected chi connectivity index (χ4v) is 2.15. The second-order valence-corrected chi connectivity index (χ2v) is 6.94. The van der Waals surface area contributed by atoms with Gasteiger partial charge in [-0.15, -0.1) is 0 Å². The molecule has 0 aromatic rings. The summed E-state index contributed by atoms with van der Waals surface area (Å²) in [5, 5.41) is 6.07. The van der Waals surface area contributed by atoms with Gasteiger partial charge in [0, 0.05) is 18.7 Å². The molecular formula is C11H22N2O3S. The number of hydrogen-bond acceptors (Lipinski definition) is 4. The Morgan fingerprint density at radius 1 is 1.24 bits per heavy atom. The summed E-state index contributed by atoms with van der Waals surface area (Å²) >= 11 is 0. The van der Waals surface area contributed by atoms with Crippen LogP contribution >= 0.6 is 0 Å². The summed E-state index contributed by atoms with van der Waals surface area (Å²) in [6.45, 7) is 1.46. The van der Waals surface area contributed by atoms with Gasteiger partial charge in [-0.1, -0.05) is 0 Å². The zero-order valence-corrected chi connectivity index (χ0v) is 11.2. The van der Waals surface area contributed by atoms with Crippen LogP contribution in [0.25, 0.3) is 0 Å². The minimum atomic E-state index is -2.84. The van der Waals surface area contributed by atoms with Crippen molar-refractivity contribution >= 4 is 15.7 Å².